The fourth-order valence-corrected chi connectivity index (χ4v) is 5.74. The molecule has 0 atom stereocenters. The van der Waals surface area contributed by atoms with Gasteiger partial charge in [0.1, 0.15) is 6.54 Å². The first-order valence-corrected chi connectivity index (χ1v) is 13.1. The first-order valence-electron chi connectivity index (χ1n) is 13.1. The molecule has 6 rings (SSSR count). The number of imidazole rings is 1. The van der Waals surface area contributed by atoms with Crippen molar-refractivity contribution >= 4 is 28.5 Å². The van der Waals surface area contributed by atoms with Gasteiger partial charge in [-0.25, -0.2) is 4.79 Å². The monoisotopic (exact) mass is 509 g/mol. The lowest BCUT2D eigenvalue weighted by Gasteiger charge is -2.39. The Morgan fingerprint density at radius 3 is 2.24 bits per heavy atom. The molecular weight excluding hydrogens is 478 g/mol. The topological polar surface area (TPSA) is 70.8 Å². The molecule has 1 fully saturated rings. The van der Waals surface area contributed by atoms with E-state index in [-0.39, 0.29) is 24.0 Å². The van der Waals surface area contributed by atoms with Crippen LogP contribution in [-0.4, -0.2) is 63.5 Å². The van der Waals surface area contributed by atoms with E-state index in [2.05, 4.69) is 23.1 Å². The molecule has 4 aromatic rings. The summed E-state index contributed by atoms with van der Waals surface area (Å²) in [5.41, 5.74) is 5.76. The second kappa shape index (κ2) is 9.85. The summed E-state index contributed by atoms with van der Waals surface area (Å²) in [4.78, 5) is 45.2. The number of amides is 2. The highest BCUT2D eigenvalue weighted by Crippen LogP contribution is 2.30. The van der Waals surface area contributed by atoms with Crippen molar-refractivity contribution in [3.05, 3.63) is 100.0 Å². The van der Waals surface area contributed by atoms with Crippen molar-refractivity contribution in [1.29, 1.82) is 0 Å². The quantitative estimate of drug-likeness (QED) is 0.424. The summed E-state index contributed by atoms with van der Waals surface area (Å²) in [6, 6.07) is 23.4. The molecule has 2 amide bonds. The Morgan fingerprint density at radius 2 is 1.47 bits per heavy atom. The molecule has 0 bridgehead atoms. The Kier molecular flexibility index (Phi) is 6.23. The average Bonchev–Trinajstić information content (AvgIpc) is 3.21. The van der Waals surface area contributed by atoms with Crippen LogP contribution in [0.3, 0.4) is 0 Å². The molecule has 0 spiro atoms. The van der Waals surface area contributed by atoms with Crippen LogP contribution in [0.5, 0.6) is 0 Å². The van der Waals surface area contributed by atoms with Crippen LogP contribution in [0.1, 0.15) is 21.5 Å². The van der Waals surface area contributed by atoms with Gasteiger partial charge in [-0.05, 0) is 47.9 Å². The molecule has 1 saturated heterocycles. The zero-order valence-electron chi connectivity index (χ0n) is 21.5. The third kappa shape index (κ3) is 4.26. The van der Waals surface area contributed by atoms with Gasteiger partial charge in [0.2, 0.25) is 5.91 Å². The number of benzene rings is 3. The minimum Gasteiger partial charge on any atom is -0.368 e. The lowest BCUT2D eigenvalue weighted by Crippen LogP contribution is -2.50. The Bertz CT molecular complexity index is 1560. The maximum Gasteiger partial charge on any atom is 0.329 e. The third-order valence-electron chi connectivity index (χ3n) is 7.87. The zero-order chi connectivity index (χ0) is 26.2. The van der Waals surface area contributed by atoms with Gasteiger partial charge in [0.15, 0.2) is 0 Å². The molecule has 0 N–H and O–H groups in total. The molecular formula is C30H31N5O3. The van der Waals surface area contributed by atoms with Crippen LogP contribution < -0.4 is 10.6 Å². The summed E-state index contributed by atoms with van der Waals surface area (Å²) in [6.07, 6.45) is 0.833. The van der Waals surface area contributed by atoms with Crippen LogP contribution in [0.15, 0.2) is 77.6 Å². The molecule has 3 heterocycles. The molecule has 2 aliphatic heterocycles. The predicted molar refractivity (Wildman–Crippen MR) is 147 cm³/mol. The van der Waals surface area contributed by atoms with Crippen LogP contribution in [0, 0.1) is 0 Å². The van der Waals surface area contributed by atoms with E-state index >= 15 is 0 Å². The van der Waals surface area contributed by atoms with Crippen LogP contribution in [0.4, 0.5) is 5.69 Å². The molecule has 3 aromatic carbocycles. The predicted octanol–water partition coefficient (Wildman–Crippen LogP) is 2.89. The molecule has 0 aliphatic carbocycles. The SMILES string of the molecule is Cn1c(=O)n(CC(=O)N2CCN(c3cccc4c3CN(C(=O)c3ccccc3)CC4)CC2)c2ccccc21. The van der Waals surface area contributed by atoms with E-state index in [1.54, 1.807) is 16.2 Å². The van der Waals surface area contributed by atoms with Gasteiger partial charge in [-0.15, -0.1) is 0 Å². The normalized spacial score (nSPS) is 15.6. The molecule has 38 heavy (non-hydrogen) atoms. The minimum absolute atomic E-state index is 0.0392. The number of fused-ring (bicyclic) bond motifs is 2. The lowest BCUT2D eigenvalue weighted by molar-refractivity contribution is -0.132. The van der Waals surface area contributed by atoms with Crippen LogP contribution >= 0.6 is 0 Å². The van der Waals surface area contributed by atoms with E-state index < -0.39 is 0 Å². The highest BCUT2D eigenvalue weighted by Gasteiger charge is 2.28. The third-order valence-corrected chi connectivity index (χ3v) is 7.87. The number of aromatic nitrogens is 2. The van der Waals surface area contributed by atoms with Crippen molar-refractivity contribution < 1.29 is 9.59 Å². The Morgan fingerprint density at radius 1 is 0.763 bits per heavy atom. The number of aryl methyl sites for hydroxylation is 1. The summed E-state index contributed by atoms with van der Waals surface area (Å²) in [5.74, 6) is 0.0166. The number of carbonyl (C=O) groups excluding carboxylic acids is 2. The van der Waals surface area contributed by atoms with E-state index in [0.717, 1.165) is 23.1 Å². The van der Waals surface area contributed by atoms with Crippen molar-refractivity contribution in [3.63, 3.8) is 0 Å². The number of nitrogens with zero attached hydrogens (tertiary/aromatic N) is 5. The van der Waals surface area contributed by atoms with Crippen molar-refractivity contribution in [2.75, 3.05) is 37.6 Å². The van der Waals surface area contributed by atoms with Gasteiger partial charge >= 0.3 is 5.69 Å². The Hall–Kier alpha value is -4.33. The number of anilines is 1. The molecule has 0 saturated carbocycles. The summed E-state index contributed by atoms with van der Waals surface area (Å²) in [7, 11) is 1.74. The van der Waals surface area contributed by atoms with Crippen LogP contribution in [-0.2, 0) is 31.4 Å². The lowest BCUT2D eigenvalue weighted by atomic mass is 9.96. The first-order chi connectivity index (χ1) is 18.5. The number of piperazine rings is 1. The highest BCUT2D eigenvalue weighted by atomic mass is 16.2. The average molecular weight is 510 g/mol. The molecule has 1 aromatic heterocycles. The van der Waals surface area contributed by atoms with E-state index in [4.69, 9.17) is 0 Å². The summed E-state index contributed by atoms with van der Waals surface area (Å²) in [6.45, 7) is 3.93. The van der Waals surface area contributed by atoms with Gasteiger partial charge in [0.25, 0.3) is 5.91 Å². The largest absolute Gasteiger partial charge is 0.368 e. The van der Waals surface area contributed by atoms with Gasteiger partial charge in [-0.3, -0.25) is 18.7 Å². The molecule has 8 heteroatoms. The minimum atomic E-state index is -0.177. The van der Waals surface area contributed by atoms with Crippen LogP contribution in [0.25, 0.3) is 11.0 Å². The number of hydrogen-bond donors (Lipinski definition) is 0. The molecule has 0 unspecified atom stereocenters. The second-order valence-electron chi connectivity index (χ2n) is 10.0. The summed E-state index contributed by atoms with van der Waals surface area (Å²) in [5, 5.41) is 0. The van der Waals surface area contributed by atoms with E-state index in [0.29, 0.717) is 44.8 Å². The van der Waals surface area contributed by atoms with E-state index in [1.807, 2.05) is 64.4 Å². The van der Waals surface area contributed by atoms with Crippen molar-refractivity contribution in [2.45, 2.75) is 19.5 Å². The van der Waals surface area contributed by atoms with Crippen LogP contribution in [0.2, 0.25) is 0 Å². The molecule has 2 aliphatic rings. The fraction of sp³-hybridized carbons (Fsp3) is 0.300. The van der Waals surface area contributed by atoms with Crippen molar-refractivity contribution in [1.82, 2.24) is 18.9 Å². The Balaban J connectivity index is 1.15. The van der Waals surface area contributed by atoms with E-state index in [1.165, 1.54) is 11.1 Å². The first kappa shape index (κ1) is 24.0. The van der Waals surface area contributed by atoms with Gasteiger partial charge < -0.3 is 14.7 Å². The van der Waals surface area contributed by atoms with Gasteiger partial charge in [0, 0.05) is 57.6 Å². The number of para-hydroxylation sites is 2. The molecule has 8 nitrogen and oxygen atoms in total. The fourth-order valence-electron chi connectivity index (χ4n) is 5.74. The standard InChI is InChI=1S/C30H31N5O3/c1-31-26-11-5-6-12-27(26)35(30(31)38)21-28(36)33-18-16-32(17-19-33)25-13-7-10-22-14-15-34(20-24(22)25)29(37)23-8-3-2-4-9-23/h2-13H,14-21H2,1H3. The van der Waals surface area contributed by atoms with Gasteiger partial charge in [-0.1, -0.05) is 42.5 Å². The van der Waals surface area contributed by atoms with Gasteiger partial charge in [0.05, 0.1) is 11.0 Å². The maximum absolute atomic E-state index is 13.2. The summed E-state index contributed by atoms with van der Waals surface area (Å²) < 4.78 is 3.15. The van der Waals surface area contributed by atoms with Gasteiger partial charge in [-0.2, -0.15) is 0 Å². The number of rotatable bonds is 4. The van der Waals surface area contributed by atoms with Crippen molar-refractivity contribution in [3.8, 4) is 0 Å². The molecule has 194 valence electrons. The highest BCUT2D eigenvalue weighted by molar-refractivity contribution is 5.94. The zero-order valence-corrected chi connectivity index (χ0v) is 21.5. The maximum atomic E-state index is 13.2. The van der Waals surface area contributed by atoms with Crippen molar-refractivity contribution in [2.24, 2.45) is 7.05 Å². The Labute approximate surface area is 221 Å². The smallest absolute Gasteiger partial charge is 0.329 e. The number of carbonyl (C=O) groups is 2. The number of hydrogen-bond acceptors (Lipinski definition) is 4. The van der Waals surface area contributed by atoms with E-state index in [9.17, 15) is 14.4 Å². The molecule has 0 radical (unpaired) electrons. The summed E-state index contributed by atoms with van der Waals surface area (Å²) >= 11 is 0. The second-order valence-corrected chi connectivity index (χ2v) is 10.0.